The molecule has 0 radical (unpaired) electrons. The third-order valence-corrected chi connectivity index (χ3v) is 5.55. The van der Waals surface area contributed by atoms with Crippen LogP contribution in [0.1, 0.15) is 13.8 Å². The van der Waals surface area contributed by atoms with Crippen LogP contribution in [0.4, 0.5) is 10.5 Å². The van der Waals surface area contributed by atoms with Gasteiger partial charge in [0.2, 0.25) is 0 Å². The van der Waals surface area contributed by atoms with Crippen LogP contribution in [0, 0.1) is 5.92 Å². The van der Waals surface area contributed by atoms with Crippen LogP contribution in [0.15, 0.2) is 28.7 Å². The second kappa shape index (κ2) is 6.70. The van der Waals surface area contributed by atoms with Gasteiger partial charge in [0, 0.05) is 10.2 Å². The summed E-state index contributed by atoms with van der Waals surface area (Å²) in [5, 5.41) is 12.0. The van der Waals surface area contributed by atoms with E-state index in [2.05, 4.69) is 21.2 Å². The quantitative estimate of drug-likeness (QED) is 0.851. The van der Waals surface area contributed by atoms with Gasteiger partial charge < -0.3 is 10.4 Å². The van der Waals surface area contributed by atoms with Crippen LogP contribution in [-0.4, -0.2) is 39.2 Å². The molecule has 0 saturated carbocycles. The number of rotatable bonds is 3. The summed E-state index contributed by atoms with van der Waals surface area (Å²) in [5.74, 6) is -0.362. The number of para-hydroxylation sites is 1. The summed E-state index contributed by atoms with van der Waals surface area (Å²) in [6.07, 6.45) is 0. The normalized spacial score (nSPS) is 21.6. The molecule has 5 nitrogen and oxygen atoms in total. The largest absolute Gasteiger partial charge is 0.480 e. The maximum atomic E-state index is 12.5. The SMILES string of the molecule is CC(C)C1SCC(C(=O)O)N1C(=O)Nc1ccccc1Br. The highest BCUT2D eigenvalue weighted by Crippen LogP contribution is 2.35. The van der Waals surface area contributed by atoms with Gasteiger partial charge in [-0.3, -0.25) is 4.90 Å². The highest BCUT2D eigenvalue weighted by atomic mass is 79.9. The first-order chi connectivity index (χ1) is 9.91. The summed E-state index contributed by atoms with van der Waals surface area (Å²) in [4.78, 5) is 25.3. The first-order valence-electron chi connectivity index (χ1n) is 6.60. The second-order valence-electron chi connectivity index (χ2n) is 5.14. The number of hydrogen-bond acceptors (Lipinski definition) is 3. The van der Waals surface area contributed by atoms with E-state index in [0.29, 0.717) is 11.4 Å². The van der Waals surface area contributed by atoms with Crippen molar-refractivity contribution in [2.75, 3.05) is 11.1 Å². The summed E-state index contributed by atoms with van der Waals surface area (Å²) < 4.78 is 0.762. The molecule has 2 rings (SSSR count). The third kappa shape index (κ3) is 3.52. The molecule has 114 valence electrons. The monoisotopic (exact) mass is 372 g/mol. The van der Waals surface area contributed by atoms with Crippen LogP contribution in [0.25, 0.3) is 0 Å². The van der Waals surface area contributed by atoms with Gasteiger partial charge in [-0.15, -0.1) is 11.8 Å². The van der Waals surface area contributed by atoms with Crippen LogP contribution in [0.5, 0.6) is 0 Å². The van der Waals surface area contributed by atoms with E-state index in [0.717, 1.165) is 4.47 Å². The smallest absolute Gasteiger partial charge is 0.327 e. The zero-order valence-corrected chi connectivity index (χ0v) is 14.1. The fourth-order valence-corrected chi connectivity index (χ4v) is 4.09. The molecule has 0 spiro atoms. The third-order valence-electron chi connectivity index (χ3n) is 3.24. The van der Waals surface area contributed by atoms with Crippen molar-refractivity contribution in [1.29, 1.82) is 0 Å². The van der Waals surface area contributed by atoms with Crippen molar-refractivity contribution in [2.24, 2.45) is 5.92 Å². The highest BCUT2D eigenvalue weighted by Gasteiger charge is 2.43. The molecule has 1 heterocycles. The summed E-state index contributed by atoms with van der Waals surface area (Å²) in [5.41, 5.74) is 0.631. The molecular formula is C14H17BrN2O3S. The van der Waals surface area contributed by atoms with Gasteiger partial charge in [-0.2, -0.15) is 0 Å². The number of carboxylic acid groups (broad SMARTS) is 1. The molecule has 7 heteroatoms. The molecule has 1 aliphatic rings. The summed E-state index contributed by atoms with van der Waals surface area (Å²) in [6, 6.07) is 6.09. The second-order valence-corrected chi connectivity index (χ2v) is 7.14. The minimum absolute atomic E-state index is 0.131. The molecule has 1 aliphatic heterocycles. The van der Waals surface area contributed by atoms with Crippen LogP contribution < -0.4 is 5.32 Å². The van der Waals surface area contributed by atoms with E-state index in [1.807, 2.05) is 32.0 Å². The molecule has 1 aromatic rings. The predicted octanol–water partition coefficient (Wildman–Crippen LogP) is 3.47. The molecule has 0 aliphatic carbocycles. The zero-order valence-electron chi connectivity index (χ0n) is 11.7. The van der Waals surface area contributed by atoms with Crippen molar-refractivity contribution in [1.82, 2.24) is 4.90 Å². The Morgan fingerprint density at radius 3 is 2.67 bits per heavy atom. The number of nitrogens with zero attached hydrogens (tertiary/aromatic N) is 1. The molecule has 1 saturated heterocycles. The van der Waals surface area contributed by atoms with Crippen LogP contribution in [-0.2, 0) is 4.79 Å². The fraction of sp³-hybridized carbons (Fsp3) is 0.429. The van der Waals surface area contributed by atoms with E-state index < -0.39 is 12.0 Å². The number of carbonyl (C=O) groups excluding carboxylic acids is 1. The molecule has 2 amide bonds. The van der Waals surface area contributed by atoms with Gasteiger partial charge in [-0.25, -0.2) is 9.59 Å². The lowest BCUT2D eigenvalue weighted by Crippen LogP contribution is -2.49. The molecule has 0 bridgehead atoms. The van der Waals surface area contributed by atoms with E-state index in [4.69, 9.17) is 0 Å². The average molecular weight is 373 g/mol. The number of carbonyl (C=O) groups is 2. The zero-order chi connectivity index (χ0) is 15.6. The van der Waals surface area contributed by atoms with Crippen molar-refractivity contribution in [3.05, 3.63) is 28.7 Å². The average Bonchev–Trinajstić information content (AvgIpc) is 2.86. The first-order valence-corrected chi connectivity index (χ1v) is 8.44. The Morgan fingerprint density at radius 2 is 2.10 bits per heavy atom. The minimum Gasteiger partial charge on any atom is -0.480 e. The molecule has 2 unspecified atom stereocenters. The topological polar surface area (TPSA) is 69.6 Å². The number of nitrogens with one attached hydrogen (secondary N) is 1. The van der Waals surface area contributed by atoms with Crippen molar-refractivity contribution < 1.29 is 14.7 Å². The Kier molecular flexibility index (Phi) is 5.16. The Labute approximate surface area is 136 Å². The van der Waals surface area contributed by atoms with Gasteiger partial charge in [0.05, 0.1) is 11.1 Å². The van der Waals surface area contributed by atoms with Crippen LogP contribution in [0.3, 0.4) is 0 Å². The maximum absolute atomic E-state index is 12.5. The molecular weight excluding hydrogens is 356 g/mol. The lowest BCUT2D eigenvalue weighted by atomic mass is 10.1. The first kappa shape index (κ1) is 16.2. The maximum Gasteiger partial charge on any atom is 0.327 e. The molecule has 0 aromatic heterocycles. The molecule has 1 aromatic carbocycles. The van der Waals surface area contributed by atoms with E-state index in [1.54, 1.807) is 6.07 Å². The number of halogens is 1. The molecule has 21 heavy (non-hydrogen) atoms. The Hall–Kier alpha value is -1.21. The van der Waals surface area contributed by atoms with Gasteiger partial charge in [0.25, 0.3) is 0 Å². The van der Waals surface area contributed by atoms with Crippen LogP contribution in [0.2, 0.25) is 0 Å². The van der Waals surface area contributed by atoms with E-state index in [9.17, 15) is 14.7 Å². The van der Waals surface area contributed by atoms with E-state index >= 15 is 0 Å². The number of amides is 2. The van der Waals surface area contributed by atoms with E-state index in [-0.39, 0.29) is 17.3 Å². The lowest BCUT2D eigenvalue weighted by molar-refractivity contribution is -0.141. The van der Waals surface area contributed by atoms with Crippen LogP contribution >= 0.6 is 27.7 Å². The Bertz CT molecular complexity index is 553. The minimum atomic E-state index is -0.965. The Balaban J connectivity index is 2.21. The molecule has 2 atom stereocenters. The standard InChI is InChI=1S/C14H17BrN2O3S/c1-8(2)12-17(11(7-21-12)13(18)19)14(20)16-10-6-4-3-5-9(10)15/h3-6,8,11-12H,7H2,1-2H3,(H,16,20)(H,18,19). The summed E-state index contributed by atoms with van der Waals surface area (Å²) in [7, 11) is 0. The number of carboxylic acids is 1. The van der Waals surface area contributed by atoms with E-state index in [1.165, 1.54) is 16.7 Å². The molecule has 2 N–H and O–H groups in total. The van der Waals surface area contributed by atoms with Crippen molar-refractivity contribution in [3.63, 3.8) is 0 Å². The summed E-state index contributed by atoms with van der Waals surface area (Å²) >= 11 is 4.88. The van der Waals surface area contributed by atoms with Gasteiger partial charge in [0.15, 0.2) is 0 Å². The predicted molar refractivity (Wildman–Crippen MR) is 87.5 cm³/mol. The lowest BCUT2D eigenvalue weighted by Gasteiger charge is -2.29. The fourth-order valence-electron chi connectivity index (χ4n) is 2.23. The van der Waals surface area contributed by atoms with Gasteiger partial charge in [0.1, 0.15) is 6.04 Å². The number of aliphatic carboxylic acids is 1. The highest BCUT2D eigenvalue weighted by molar-refractivity contribution is 9.10. The number of hydrogen-bond donors (Lipinski definition) is 2. The van der Waals surface area contributed by atoms with Gasteiger partial charge in [-0.05, 0) is 34.0 Å². The van der Waals surface area contributed by atoms with Crippen molar-refractivity contribution in [3.8, 4) is 0 Å². The van der Waals surface area contributed by atoms with Gasteiger partial charge >= 0.3 is 12.0 Å². The Morgan fingerprint density at radius 1 is 1.43 bits per heavy atom. The summed E-state index contributed by atoms with van der Waals surface area (Å²) in [6.45, 7) is 3.97. The number of anilines is 1. The van der Waals surface area contributed by atoms with Gasteiger partial charge in [-0.1, -0.05) is 26.0 Å². The number of urea groups is 1. The van der Waals surface area contributed by atoms with Crippen molar-refractivity contribution >= 4 is 45.4 Å². The number of benzene rings is 1. The molecule has 1 fully saturated rings. The number of thioether (sulfide) groups is 1. The van der Waals surface area contributed by atoms with Crippen molar-refractivity contribution in [2.45, 2.75) is 25.3 Å².